The molecule has 1 rings (SSSR count). The lowest BCUT2D eigenvalue weighted by Gasteiger charge is -2.00. The van der Waals surface area contributed by atoms with Gasteiger partial charge in [0, 0.05) is 0 Å². The van der Waals surface area contributed by atoms with Crippen LogP contribution in [0.5, 0.6) is 0 Å². The fourth-order valence-corrected chi connectivity index (χ4v) is 1.17. The van der Waals surface area contributed by atoms with Crippen LogP contribution in [0, 0.1) is 0 Å². The lowest BCUT2D eigenvalue weighted by Crippen LogP contribution is -2.01. The zero-order chi connectivity index (χ0) is 9.73. The molecule has 0 aliphatic carbocycles. The predicted octanol–water partition coefficient (Wildman–Crippen LogP) is 1.84. The summed E-state index contributed by atoms with van der Waals surface area (Å²) in [7, 11) is -3.55. The third-order valence-corrected chi connectivity index (χ3v) is 2.29. The molecule has 4 nitrogen and oxygen atoms in total. The van der Waals surface area contributed by atoms with E-state index in [1.54, 1.807) is 12.1 Å². The molecule has 0 spiro atoms. The summed E-state index contributed by atoms with van der Waals surface area (Å²) in [6.07, 6.45) is 0. The molecule has 3 N–H and O–H groups in total. The Balaban J connectivity index is 0.00000169. The third kappa shape index (κ3) is 4.18. The van der Waals surface area contributed by atoms with Gasteiger partial charge in [-0.05, 0) is 5.56 Å². The maximum Gasteiger partial charge on any atom is 0.289 e. The fourth-order valence-electron chi connectivity index (χ4n) is 0.773. The minimum Gasteiger partial charge on any atom is -0.344 e. The van der Waals surface area contributed by atoms with E-state index in [2.05, 4.69) is 10.8 Å². The van der Waals surface area contributed by atoms with Gasteiger partial charge in [-0.2, -0.15) is 8.42 Å². The van der Waals surface area contributed by atoms with Crippen LogP contribution in [0.1, 0.15) is 5.56 Å². The Morgan fingerprint density at radius 2 is 1.86 bits per heavy atom. The van der Waals surface area contributed by atoms with Crippen LogP contribution in [-0.4, -0.2) is 8.42 Å². The van der Waals surface area contributed by atoms with E-state index in [0.29, 0.717) is 0 Å². The van der Waals surface area contributed by atoms with Gasteiger partial charge in [0.1, 0.15) is 0 Å². The van der Waals surface area contributed by atoms with Gasteiger partial charge in [0.25, 0.3) is 10.1 Å². The summed E-state index contributed by atoms with van der Waals surface area (Å²) in [6.45, 7) is 3.18. The maximum atomic E-state index is 10.8. The Morgan fingerprint density at radius 3 is 2.36 bits per heavy atom. The van der Waals surface area contributed by atoms with E-state index in [-0.39, 0.29) is 12.8 Å². The predicted molar refractivity (Wildman–Crippen MR) is 55.4 cm³/mol. The summed E-state index contributed by atoms with van der Waals surface area (Å²) in [5, 5.41) is 0.788. The topological polar surface area (TPSA) is 78.4 Å². The average molecular weight is 215 g/mol. The second kappa shape index (κ2) is 5.54. The molecule has 0 amide bonds. The van der Waals surface area contributed by atoms with Crippen molar-refractivity contribution < 1.29 is 12.6 Å². The van der Waals surface area contributed by atoms with Crippen molar-refractivity contribution in [1.82, 2.24) is 6.15 Å². The molecular weight excluding hydrogens is 202 g/mol. The average Bonchev–Trinajstić information content (AvgIpc) is 2.17. The summed E-state index contributed by atoms with van der Waals surface area (Å²) in [6, 6.07) is 9.07. The van der Waals surface area contributed by atoms with Gasteiger partial charge in [0.2, 0.25) is 0 Å². The van der Waals surface area contributed by atoms with Crippen molar-refractivity contribution in [3.63, 3.8) is 0 Å². The number of hydrogen-bond donors (Lipinski definition) is 1. The first-order valence-electron chi connectivity index (χ1n) is 3.70. The molecular formula is C9H13NO3S. The van der Waals surface area contributed by atoms with Gasteiger partial charge in [-0.1, -0.05) is 36.9 Å². The molecule has 0 heterocycles. The van der Waals surface area contributed by atoms with Crippen LogP contribution in [0.3, 0.4) is 0 Å². The Kier molecular flexibility index (Phi) is 5.07. The lowest BCUT2D eigenvalue weighted by molar-refractivity contribution is 0.314. The lowest BCUT2D eigenvalue weighted by atomic mass is 10.2. The highest BCUT2D eigenvalue weighted by molar-refractivity contribution is 7.89. The zero-order valence-electron chi connectivity index (χ0n) is 7.72. The highest BCUT2D eigenvalue weighted by atomic mass is 32.2. The third-order valence-electron chi connectivity index (χ3n) is 1.44. The van der Waals surface area contributed by atoms with E-state index in [9.17, 15) is 8.42 Å². The normalized spacial score (nSPS) is 10.3. The molecule has 0 aliphatic heterocycles. The number of hydrogen-bond acceptors (Lipinski definition) is 4. The second-order valence-electron chi connectivity index (χ2n) is 2.41. The molecule has 0 saturated carbocycles. The van der Waals surface area contributed by atoms with Crippen LogP contribution in [-0.2, 0) is 20.9 Å². The first kappa shape index (κ1) is 12.8. The Morgan fingerprint density at radius 1 is 1.29 bits per heavy atom. The zero-order valence-corrected chi connectivity index (χ0v) is 8.53. The minimum absolute atomic E-state index is 0. The highest BCUT2D eigenvalue weighted by Crippen LogP contribution is 2.04. The van der Waals surface area contributed by atoms with E-state index in [1.807, 2.05) is 18.2 Å². The van der Waals surface area contributed by atoms with Crippen LogP contribution < -0.4 is 6.15 Å². The quantitative estimate of drug-likeness (QED) is 0.777. The van der Waals surface area contributed by atoms with Crippen LogP contribution in [0.2, 0.25) is 0 Å². The largest absolute Gasteiger partial charge is 0.344 e. The first-order chi connectivity index (χ1) is 6.14. The number of rotatable bonds is 4. The molecule has 0 aliphatic rings. The van der Waals surface area contributed by atoms with E-state index in [4.69, 9.17) is 0 Å². The smallest absolute Gasteiger partial charge is 0.289 e. The Bertz CT molecular complexity index is 372. The van der Waals surface area contributed by atoms with Gasteiger partial charge in [-0.3, -0.25) is 4.18 Å². The van der Waals surface area contributed by atoms with Crippen LogP contribution in [0.25, 0.3) is 0 Å². The van der Waals surface area contributed by atoms with E-state index in [1.165, 1.54) is 0 Å². The minimum atomic E-state index is -3.55. The number of benzene rings is 1. The van der Waals surface area contributed by atoms with E-state index < -0.39 is 10.1 Å². The van der Waals surface area contributed by atoms with Gasteiger partial charge in [-0.15, -0.1) is 0 Å². The van der Waals surface area contributed by atoms with Gasteiger partial charge in [-0.25, -0.2) is 0 Å². The van der Waals surface area contributed by atoms with Crippen LogP contribution >= 0.6 is 0 Å². The SMILES string of the molecule is C=CS(=O)(=O)OCc1ccccc1.N. The molecule has 5 heteroatoms. The van der Waals surface area contributed by atoms with Crippen molar-refractivity contribution in [3.05, 3.63) is 47.9 Å². The molecule has 0 fully saturated rings. The Hall–Kier alpha value is -1.17. The second-order valence-corrected chi connectivity index (χ2v) is 3.96. The molecule has 14 heavy (non-hydrogen) atoms. The van der Waals surface area contributed by atoms with Gasteiger partial charge in [0.15, 0.2) is 0 Å². The summed E-state index contributed by atoms with van der Waals surface area (Å²) < 4.78 is 26.3. The van der Waals surface area contributed by atoms with Crippen molar-refractivity contribution in [3.8, 4) is 0 Å². The molecule has 0 bridgehead atoms. The van der Waals surface area contributed by atoms with Gasteiger partial charge < -0.3 is 6.15 Å². The van der Waals surface area contributed by atoms with Crippen LogP contribution in [0.15, 0.2) is 42.3 Å². The van der Waals surface area contributed by atoms with Crippen molar-refractivity contribution in [2.45, 2.75) is 6.61 Å². The standard InChI is InChI=1S/C9H10O3S.H3N/c1-2-13(10,11)12-8-9-6-4-3-5-7-9;/h2-7H,1,8H2;1H3. The van der Waals surface area contributed by atoms with Crippen molar-refractivity contribution >= 4 is 10.1 Å². The first-order valence-corrected chi connectivity index (χ1v) is 5.17. The fraction of sp³-hybridized carbons (Fsp3) is 0.111. The maximum absolute atomic E-state index is 10.8. The van der Waals surface area contributed by atoms with Gasteiger partial charge in [0.05, 0.1) is 12.0 Å². The van der Waals surface area contributed by atoms with Crippen molar-refractivity contribution in [1.29, 1.82) is 0 Å². The summed E-state index contributed by atoms with van der Waals surface area (Å²) in [5.74, 6) is 0. The molecule has 0 radical (unpaired) electrons. The van der Waals surface area contributed by atoms with Crippen molar-refractivity contribution in [2.24, 2.45) is 0 Å². The molecule has 0 saturated heterocycles. The van der Waals surface area contributed by atoms with Crippen molar-refractivity contribution in [2.75, 3.05) is 0 Å². The highest BCUT2D eigenvalue weighted by Gasteiger charge is 2.03. The van der Waals surface area contributed by atoms with E-state index in [0.717, 1.165) is 11.0 Å². The van der Waals surface area contributed by atoms with Gasteiger partial charge >= 0.3 is 0 Å². The van der Waals surface area contributed by atoms with Crippen LogP contribution in [0.4, 0.5) is 0 Å². The monoisotopic (exact) mass is 215 g/mol. The molecule has 78 valence electrons. The molecule has 1 aromatic carbocycles. The summed E-state index contributed by atoms with van der Waals surface area (Å²) >= 11 is 0. The summed E-state index contributed by atoms with van der Waals surface area (Å²) in [4.78, 5) is 0. The summed E-state index contributed by atoms with van der Waals surface area (Å²) in [5.41, 5.74) is 0.813. The molecule has 0 aromatic heterocycles. The molecule has 0 atom stereocenters. The Labute approximate surface area is 83.9 Å². The molecule has 0 unspecified atom stereocenters. The molecule has 1 aromatic rings. The van der Waals surface area contributed by atoms with E-state index >= 15 is 0 Å².